The summed E-state index contributed by atoms with van der Waals surface area (Å²) in [5.41, 5.74) is 0.361. The Morgan fingerprint density at radius 1 is 1.45 bits per heavy atom. The Morgan fingerprint density at radius 3 is 2.68 bits per heavy atom. The van der Waals surface area contributed by atoms with Gasteiger partial charge in [-0.25, -0.2) is 8.42 Å². The second kappa shape index (κ2) is 6.24. The highest BCUT2D eigenvalue weighted by atomic mass is 127. The van der Waals surface area contributed by atoms with Gasteiger partial charge in [0.2, 0.25) is 0 Å². The minimum atomic E-state index is -3.42. The maximum absolute atomic E-state index is 12.3. The van der Waals surface area contributed by atoms with Crippen LogP contribution >= 0.6 is 22.6 Å². The van der Waals surface area contributed by atoms with E-state index >= 15 is 0 Å². The van der Waals surface area contributed by atoms with E-state index in [1.165, 1.54) is 36.0 Å². The molecule has 1 heterocycles. The number of anilines is 1. The molecule has 2 rings (SSSR count). The fourth-order valence-electron chi connectivity index (χ4n) is 1.82. The smallest absolute Gasteiger partial charge is 0.275 e. The molecule has 2 N–H and O–H groups in total. The van der Waals surface area contributed by atoms with Crippen LogP contribution in [0.4, 0.5) is 5.69 Å². The summed E-state index contributed by atoms with van der Waals surface area (Å²) in [7, 11) is -1.80. The van der Waals surface area contributed by atoms with Gasteiger partial charge in [-0.1, -0.05) is 6.92 Å². The average molecular weight is 435 g/mol. The molecular formula is C13H14IN3O4S. The van der Waals surface area contributed by atoms with Gasteiger partial charge in [-0.2, -0.15) is 5.10 Å². The van der Waals surface area contributed by atoms with Crippen LogP contribution in [0.5, 0.6) is 5.75 Å². The number of benzene rings is 1. The molecule has 1 aromatic carbocycles. The van der Waals surface area contributed by atoms with Crippen LogP contribution in [0.1, 0.15) is 17.4 Å². The van der Waals surface area contributed by atoms with Crippen molar-refractivity contribution in [3.05, 3.63) is 33.7 Å². The molecule has 0 saturated heterocycles. The summed E-state index contributed by atoms with van der Waals surface area (Å²) >= 11 is 1.97. The molecule has 9 heteroatoms. The molecule has 0 saturated carbocycles. The molecule has 0 fully saturated rings. The zero-order valence-electron chi connectivity index (χ0n) is 11.9. The molecule has 0 unspecified atom stereocenters. The van der Waals surface area contributed by atoms with E-state index < -0.39 is 15.7 Å². The number of carbonyl (C=O) groups is 1. The fraction of sp³-hybridized carbons (Fsp3) is 0.231. The highest BCUT2D eigenvalue weighted by Crippen LogP contribution is 2.27. The third kappa shape index (κ3) is 3.24. The van der Waals surface area contributed by atoms with Gasteiger partial charge >= 0.3 is 0 Å². The summed E-state index contributed by atoms with van der Waals surface area (Å²) in [5, 5.41) is 16.3. The first-order chi connectivity index (χ1) is 10.3. The monoisotopic (exact) mass is 435 g/mol. The SMILES string of the molecule is CCS(=O)(=O)c1ccc(O)c(NC(=O)c2c(I)cnn2C)c1. The van der Waals surface area contributed by atoms with E-state index in [9.17, 15) is 18.3 Å². The van der Waals surface area contributed by atoms with E-state index in [0.717, 1.165) is 0 Å². The summed E-state index contributed by atoms with van der Waals surface area (Å²) in [5.74, 6) is -0.753. The van der Waals surface area contributed by atoms with Crippen molar-refractivity contribution in [1.82, 2.24) is 9.78 Å². The molecule has 2 aromatic rings. The maximum Gasteiger partial charge on any atom is 0.275 e. The van der Waals surface area contributed by atoms with Gasteiger partial charge in [0.25, 0.3) is 5.91 Å². The van der Waals surface area contributed by atoms with Gasteiger partial charge in [-0.05, 0) is 40.8 Å². The minimum Gasteiger partial charge on any atom is -0.506 e. The normalized spacial score (nSPS) is 11.4. The Hall–Kier alpha value is -1.62. The summed E-state index contributed by atoms with van der Waals surface area (Å²) in [6.45, 7) is 1.53. The van der Waals surface area contributed by atoms with E-state index in [0.29, 0.717) is 9.26 Å². The van der Waals surface area contributed by atoms with Crippen LogP contribution in [-0.4, -0.2) is 35.0 Å². The predicted octanol–water partition coefficient (Wildman–Crippen LogP) is 1.78. The lowest BCUT2D eigenvalue weighted by Crippen LogP contribution is -2.17. The first-order valence-electron chi connectivity index (χ1n) is 6.31. The Bertz CT molecular complexity index is 810. The number of aromatic hydroxyl groups is 1. The van der Waals surface area contributed by atoms with Crippen LogP contribution in [-0.2, 0) is 16.9 Å². The molecule has 118 valence electrons. The van der Waals surface area contributed by atoms with E-state index in [1.807, 2.05) is 22.6 Å². The van der Waals surface area contributed by atoms with Crippen LogP contribution in [0, 0.1) is 3.57 Å². The number of carbonyl (C=O) groups excluding carboxylic acids is 1. The number of amides is 1. The second-order valence-corrected chi connectivity index (χ2v) is 7.94. The number of hydrogen-bond donors (Lipinski definition) is 2. The number of aromatic nitrogens is 2. The van der Waals surface area contributed by atoms with Crippen LogP contribution in [0.15, 0.2) is 29.3 Å². The quantitative estimate of drug-likeness (QED) is 0.563. The van der Waals surface area contributed by atoms with Crippen LogP contribution in [0.2, 0.25) is 0 Å². The number of phenolic OH excluding ortho intramolecular Hbond substituents is 1. The minimum absolute atomic E-state index is 0.0384. The van der Waals surface area contributed by atoms with Crippen molar-refractivity contribution >= 4 is 44.0 Å². The van der Waals surface area contributed by atoms with Gasteiger partial charge in [0.15, 0.2) is 9.84 Å². The Labute approximate surface area is 141 Å². The van der Waals surface area contributed by atoms with E-state index in [2.05, 4.69) is 10.4 Å². The highest BCUT2D eigenvalue weighted by molar-refractivity contribution is 14.1. The number of sulfone groups is 1. The molecule has 1 amide bonds. The van der Waals surface area contributed by atoms with Gasteiger partial charge < -0.3 is 10.4 Å². The van der Waals surface area contributed by atoms with Crippen LogP contribution in [0.3, 0.4) is 0 Å². The lowest BCUT2D eigenvalue weighted by Gasteiger charge is -2.10. The molecule has 0 bridgehead atoms. The van der Waals surface area contributed by atoms with Gasteiger partial charge in [0.1, 0.15) is 11.4 Å². The third-order valence-electron chi connectivity index (χ3n) is 3.06. The van der Waals surface area contributed by atoms with E-state index in [-0.39, 0.29) is 22.1 Å². The maximum atomic E-state index is 12.3. The van der Waals surface area contributed by atoms with Gasteiger partial charge in [0, 0.05) is 7.05 Å². The number of phenols is 1. The summed E-state index contributed by atoms with van der Waals surface area (Å²) in [6.07, 6.45) is 1.54. The van der Waals surface area contributed by atoms with Gasteiger partial charge in [-0.3, -0.25) is 9.48 Å². The Morgan fingerprint density at radius 2 is 2.14 bits per heavy atom. The van der Waals surface area contributed by atoms with Crippen molar-refractivity contribution in [3.63, 3.8) is 0 Å². The predicted molar refractivity (Wildman–Crippen MR) is 89.7 cm³/mol. The number of nitrogens with zero attached hydrogens (tertiary/aromatic N) is 2. The third-order valence-corrected chi connectivity index (χ3v) is 5.59. The number of hydrogen-bond acceptors (Lipinski definition) is 5. The molecule has 7 nitrogen and oxygen atoms in total. The number of nitrogens with one attached hydrogen (secondary N) is 1. The van der Waals surface area contributed by atoms with E-state index in [1.54, 1.807) is 7.05 Å². The molecule has 1 aromatic heterocycles. The van der Waals surface area contributed by atoms with Crippen molar-refractivity contribution in [2.24, 2.45) is 7.05 Å². The summed E-state index contributed by atoms with van der Waals surface area (Å²) in [6, 6.07) is 3.79. The van der Waals surface area contributed by atoms with E-state index in [4.69, 9.17) is 0 Å². The number of halogens is 1. The molecule has 0 aliphatic heterocycles. The lowest BCUT2D eigenvalue weighted by molar-refractivity contribution is 0.101. The highest BCUT2D eigenvalue weighted by Gasteiger charge is 2.19. The molecule has 0 atom stereocenters. The van der Waals surface area contributed by atoms with Crippen LogP contribution < -0.4 is 5.32 Å². The summed E-state index contributed by atoms with van der Waals surface area (Å²) in [4.78, 5) is 12.3. The number of rotatable bonds is 4. The summed E-state index contributed by atoms with van der Waals surface area (Å²) < 4.78 is 25.8. The molecular weight excluding hydrogens is 421 g/mol. The van der Waals surface area contributed by atoms with Crippen molar-refractivity contribution in [1.29, 1.82) is 0 Å². The Kier molecular flexibility index (Phi) is 4.75. The van der Waals surface area contributed by atoms with Crippen LogP contribution in [0.25, 0.3) is 0 Å². The standard InChI is InChI=1S/C13H14IN3O4S/c1-3-22(20,21)8-4-5-11(18)10(6-8)16-13(19)12-9(14)7-15-17(12)2/h4-7,18H,3H2,1-2H3,(H,16,19). The van der Waals surface area contributed by atoms with Crippen molar-refractivity contribution in [2.75, 3.05) is 11.1 Å². The van der Waals surface area contributed by atoms with Gasteiger partial charge in [-0.15, -0.1) is 0 Å². The Balaban J connectivity index is 2.38. The van der Waals surface area contributed by atoms with Gasteiger partial charge in [0.05, 0.1) is 26.1 Å². The first-order valence-corrected chi connectivity index (χ1v) is 9.04. The lowest BCUT2D eigenvalue weighted by atomic mass is 10.3. The first kappa shape index (κ1) is 16.7. The van der Waals surface area contributed by atoms with Crippen molar-refractivity contribution < 1.29 is 18.3 Å². The zero-order valence-corrected chi connectivity index (χ0v) is 14.8. The largest absolute Gasteiger partial charge is 0.506 e. The topological polar surface area (TPSA) is 101 Å². The molecule has 22 heavy (non-hydrogen) atoms. The average Bonchev–Trinajstić information content (AvgIpc) is 2.80. The second-order valence-electron chi connectivity index (χ2n) is 4.50. The van der Waals surface area contributed by atoms with Crippen molar-refractivity contribution in [2.45, 2.75) is 11.8 Å². The zero-order chi connectivity index (χ0) is 16.5. The molecule has 0 radical (unpaired) electrons. The van der Waals surface area contributed by atoms with Crippen molar-refractivity contribution in [3.8, 4) is 5.75 Å². The molecule has 0 spiro atoms. The number of aryl methyl sites for hydroxylation is 1. The molecule has 0 aliphatic carbocycles. The fourth-order valence-corrected chi connectivity index (χ4v) is 3.45. The molecule has 0 aliphatic rings.